The minimum Gasteiger partial charge on any atom is -0.330 e. The Morgan fingerprint density at radius 3 is 2.47 bits per heavy atom. The van der Waals surface area contributed by atoms with Gasteiger partial charge >= 0.3 is 0 Å². The maximum absolute atomic E-state index is 11.9. The summed E-state index contributed by atoms with van der Waals surface area (Å²) in [4.78, 5) is 11.9. The Hall–Kier alpha value is -1.35. The molecule has 3 heteroatoms. The maximum Gasteiger partial charge on any atom is 0.224 e. The predicted octanol–water partition coefficient (Wildman–Crippen LogP) is 3.44. The molecule has 0 aliphatic heterocycles. The van der Waals surface area contributed by atoms with Crippen LogP contribution in [0.2, 0.25) is 0 Å². The molecule has 0 radical (unpaired) electrons. The van der Waals surface area contributed by atoms with Crippen LogP contribution < -0.4 is 11.1 Å². The number of benzene rings is 1. The van der Waals surface area contributed by atoms with Crippen LogP contribution in [0.4, 0.5) is 5.69 Å². The second-order valence-corrected chi connectivity index (χ2v) is 5.94. The van der Waals surface area contributed by atoms with Gasteiger partial charge in [0.25, 0.3) is 0 Å². The molecule has 0 unspecified atom stereocenters. The number of amides is 1. The van der Waals surface area contributed by atoms with E-state index in [1.807, 2.05) is 18.2 Å². The summed E-state index contributed by atoms with van der Waals surface area (Å²) in [6.07, 6.45) is 3.48. The van der Waals surface area contributed by atoms with E-state index in [-0.39, 0.29) is 11.3 Å². The predicted molar refractivity (Wildman–Crippen MR) is 81.3 cm³/mol. The lowest BCUT2D eigenvalue weighted by atomic mass is 9.86. The van der Waals surface area contributed by atoms with Crippen LogP contribution >= 0.6 is 0 Å². The van der Waals surface area contributed by atoms with E-state index >= 15 is 0 Å². The number of nitrogens with one attached hydrogen (secondary N) is 1. The van der Waals surface area contributed by atoms with Crippen molar-refractivity contribution in [3.8, 4) is 0 Å². The summed E-state index contributed by atoms with van der Waals surface area (Å²) in [5, 5.41) is 3.02. The lowest BCUT2D eigenvalue weighted by Crippen LogP contribution is -2.18. The Morgan fingerprint density at radius 2 is 1.84 bits per heavy atom. The van der Waals surface area contributed by atoms with E-state index in [0.717, 1.165) is 24.9 Å². The van der Waals surface area contributed by atoms with E-state index in [1.54, 1.807) is 0 Å². The first-order chi connectivity index (χ1) is 8.95. The molecule has 0 aromatic heterocycles. The summed E-state index contributed by atoms with van der Waals surface area (Å²) in [7, 11) is 0. The third-order valence-corrected chi connectivity index (χ3v) is 3.12. The first-order valence-electron chi connectivity index (χ1n) is 7.04. The van der Waals surface area contributed by atoms with E-state index in [1.165, 1.54) is 5.56 Å². The van der Waals surface area contributed by atoms with Crippen molar-refractivity contribution in [1.29, 1.82) is 0 Å². The van der Waals surface area contributed by atoms with Gasteiger partial charge in [0, 0.05) is 12.1 Å². The van der Waals surface area contributed by atoms with E-state index in [0.29, 0.717) is 13.0 Å². The molecule has 106 valence electrons. The van der Waals surface area contributed by atoms with Crippen molar-refractivity contribution in [3.05, 3.63) is 29.8 Å². The quantitative estimate of drug-likeness (QED) is 0.772. The number of hydrogen-bond acceptors (Lipinski definition) is 2. The van der Waals surface area contributed by atoms with Crippen LogP contribution in [0.3, 0.4) is 0 Å². The Kier molecular flexibility index (Phi) is 6.03. The molecule has 1 aromatic carbocycles. The number of carbonyl (C=O) groups is 1. The average molecular weight is 262 g/mol. The molecule has 0 aliphatic carbocycles. The van der Waals surface area contributed by atoms with Crippen molar-refractivity contribution in [2.24, 2.45) is 5.73 Å². The summed E-state index contributed by atoms with van der Waals surface area (Å²) in [6.45, 7) is 7.16. The molecule has 1 rings (SSSR count). The van der Waals surface area contributed by atoms with Gasteiger partial charge in [-0.25, -0.2) is 0 Å². The fraction of sp³-hybridized carbons (Fsp3) is 0.562. The van der Waals surface area contributed by atoms with Crippen molar-refractivity contribution < 1.29 is 4.79 Å². The minimum absolute atomic E-state index is 0.0312. The highest BCUT2D eigenvalue weighted by atomic mass is 16.1. The first-order valence-corrected chi connectivity index (χ1v) is 7.04. The molecule has 0 bridgehead atoms. The smallest absolute Gasteiger partial charge is 0.224 e. The number of anilines is 1. The van der Waals surface area contributed by atoms with E-state index in [2.05, 4.69) is 32.2 Å². The number of carbonyl (C=O) groups excluding carboxylic acids is 1. The van der Waals surface area contributed by atoms with Gasteiger partial charge in [0.2, 0.25) is 5.91 Å². The maximum atomic E-state index is 11.9. The molecular weight excluding hydrogens is 236 g/mol. The van der Waals surface area contributed by atoms with Crippen molar-refractivity contribution in [1.82, 2.24) is 0 Å². The SMILES string of the molecule is CC(C)(C)c1ccccc1NC(=O)CCCCCN. The fourth-order valence-electron chi connectivity index (χ4n) is 2.07. The van der Waals surface area contributed by atoms with Crippen LogP contribution in [-0.4, -0.2) is 12.5 Å². The third kappa shape index (κ3) is 5.43. The van der Waals surface area contributed by atoms with Crippen LogP contribution in [0.1, 0.15) is 52.0 Å². The second-order valence-electron chi connectivity index (χ2n) is 5.94. The van der Waals surface area contributed by atoms with Gasteiger partial charge < -0.3 is 11.1 Å². The number of rotatable bonds is 6. The molecule has 3 nitrogen and oxygen atoms in total. The Morgan fingerprint density at radius 1 is 1.16 bits per heavy atom. The molecule has 1 aromatic rings. The van der Waals surface area contributed by atoms with E-state index < -0.39 is 0 Å². The van der Waals surface area contributed by atoms with Crippen molar-refractivity contribution in [2.45, 2.75) is 51.9 Å². The molecule has 0 saturated heterocycles. The fourth-order valence-corrected chi connectivity index (χ4v) is 2.07. The summed E-state index contributed by atoms with van der Waals surface area (Å²) in [5.41, 5.74) is 7.57. The highest BCUT2D eigenvalue weighted by Crippen LogP contribution is 2.29. The molecular formula is C16H26N2O. The molecule has 1 amide bonds. The largest absolute Gasteiger partial charge is 0.330 e. The van der Waals surface area contributed by atoms with Gasteiger partial charge in [0.15, 0.2) is 0 Å². The normalized spacial score (nSPS) is 11.4. The highest BCUT2D eigenvalue weighted by Gasteiger charge is 2.18. The number of hydrogen-bond donors (Lipinski definition) is 2. The van der Waals surface area contributed by atoms with Gasteiger partial charge in [0.1, 0.15) is 0 Å². The van der Waals surface area contributed by atoms with Crippen LogP contribution in [0.15, 0.2) is 24.3 Å². The van der Waals surface area contributed by atoms with Crippen LogP contribution in [0, 0.1) is 0 Å². The average Bonchev–Trinajstić information content (AvgIpc) is 2.34. The molecule has 0 spiro atoms. The molecule has 0 aliphatic rings. The molecule has 0 heterocycles. The van der Waals surface area contributed by atoms with E-state index in [9.17, 15) is 4.79 Å². The standard InChI is InChI=1S/C16H26N2O/c1-16(2,3)13-9-6-7-10-14(13)18-15(19)11-5-4-8-12-17/h6-7,9-10H,4-5,8,11-12,17H2,1-3H3,(H,18,19). The summed E-state index contributed by atoms with van der Waals surface area (Å²) in [6, 6.07) is 8.01. The zero-order valence-corrected chi connectivity index (χ0v) is 12.3. The number of para-hydroxylation sites is 1. The topological polar surface area (TPSA) is 55.1 Å². The van der Waals surface area contributed by atoms with Gasteiger partial charge in [-0.05, 0) is 36.4 Å². The monoisotopic (exact) mass is 262 g/mol. The molecule has 0 fully saturated rings. The summed E-state index contributed by atoms with van der Waals surface area (Å²) >= 11 is 0. The molecule has 0 atom stereocenters. The third-order valence-electron chi connectivity index (χ3n) is 3.12. The highest BCUT2D eigenvalue weighted by molar-refractivity contribution is 5.91. The van der Waals surface area contributed by atoms with Crippen molar-refractivity contribution >= 4 is 11.6 Å². The number of unbranched alkanes of at least 4 members (excludes halogenated alkanes) is 2. The van der Waals surface area contributed by atoms with Crippen LogP contribution in [-0.2, 0) is 10.2 Å². The minimum atomic E-state index is 0.0312. The Balaban J connectivity index is 2.59. The molecule has 0 saturated carbocycles. The zero-order valence-electron chi connectivity index (χ0n) is 12.3. The van der Waals surface area contributed by atoms with Gasteiger partial charge in [-0.15, -0.1) is 0 Å². The van der Waals surface area contributed by atoms with Crippen LogP contribution in [0.25, 0.3) is 0 Å². The lowest BCUT2D eigenvalue weighted by Gasteiger charge is -2.23. The lowest BCUT2D eigenvalue weighted by molar-refractivity contribution is -0.116. The van der Waals surface area contributed by atoms with Crippen LogP contribution in [0.5, 0.6) is 0 Å². The number of nitrogens with two attached hydrogens (primary N) is 1. The van der Waals surface area contributed by atoms with Gasteiger partial charge in [-0.2, -0.15) is 0 Å². The van der Waals surface area contributed by atoms with E-state index in [4.69, 9.17) is 5.73 Å². The van der Waals surface area contributed by atoms with Gasteiger partial charge in [0.05, 0.1) is 0 Å². The Labute approximate surface area is 116 Å². The molecule has 3 N–H and O–H groups in total. The summed E-state index contributed by atoms with van der Waals surface area (Å²) < 4.78 is 0. The van der Waals surface area contributed by atoms with Gasteiger partial charge in [-0.3, -0.25) is 4.79 Å². The first kappa shape index (κ1) is 15.7. The Bertz CT molecular complexity index is 407. The zero-order chi connectivity index (χ0) is 14.3. The van der Waals surface area contributed by atoms with Crippen molar-refractivity contribution in [2.75, 3.05) is 11.9 Å². The van der Waals surface area contributed by atoms with Crippen molar-refractivity contribution in [3.63, 3.8) is 0 Å². The van der Waals surface area contributed by atoms with Gasteiger partial charge in [-0.1, -0.05) is 45.4 Å². The second kappa shape index (κ2) is 7.29. The summed E-state index contributed by atoms with van der Waals surface area (Å²) in [5.74, 6) is 0.0914. The molecule has 19 heavy (non-hydrogen) atoms.